The van der Waals surface area contributed by atoms with Gasteiger partial charge in [0.2, 0.25) is 11.8 Å². The van der Waals surface area contributed by atoms with Crippen LogP contribution in [0.5, 0.6) is 0 Å². The van der Waals surface area contributed by atoms with Gasteiger partial charge in [-0.1, -0.05) is 61.5 Å². The van der Waals surface area contributed by atoms with Crippen molar-refractivity contribution in [3.05, 3.63) is 66.7 Å². The van der Waals surface area contributed by atoms with Gasteiger partial charge in [0, 0.05) is 44.7 Å². The zero-order chi connectivity index (χ0) is 24.9. The summed E-state index contributed by atoms with van der Waals surface area (Å²) >= 11 is 0. The number of amides is 2. The summed E-state index contributed by atoms with van der Waals surface area (Å²) in [5.41, 5.74) is 4.23. The molecule has 0 bridgehead atoms. The van der Waals surface area contributed by atoms with Crippen LogP contribution >= 0.6 is 0 Å². The maximum absolute atomic E-state index is 12.9. The summed E-state index contributed by atoms with van der Waals surface area (Å²) < 4.78 is 0. The van der Waals surface area contributed by atoms with E-state index in [0.717, 1.165) is 23.6 Å². The maximum Gasteiger partial charge on any atom is 0.242 e. The van der Waals surface area contributed by atoms with E-state index in [1.807, 2.05) is 42.2 Å². The second-order valence-corrected chi connectivity index (χ2v) is 9.66. The molecule has 0 N–H and O–H groups in total. The first-order valence-corrected chi connectivity index (χ1v) is 12.9. The largest absolute Gasteiger partial charge is 0.352 e. The van der Waals surface area contributed by atoms with Crippen LogP contribution in [0, 0.1) is 5.92 Å². The number of piperazine rings is 1. The van der Waals surface area contributed by atoms with Crippen molar-refractivity contribution in [1.29, 1.82) is 0 Å². The second kappa shape index (κ2) is 10.9. The van der Waals surface area contributed by atoms with E-state index in [1.54, 1.807) is 4.90 Å². The van der Waals surface area contributed by atoms with E-state index < -0.39 is 0 Å². The lowest BCUT2D eigenvalue weighted by Crippen LogP contribution is -2.52. The Kier molecular flexibility index (Phi) is 7.26. The summed E-state index contributed by atoms with van der Waals surface area (Å²) in [5.74, 6) is 1.51. The number of hydrogen-bond donors (Lipinski definition) is 0. The van der Waals surface area contributed by atoms with Crippen LogP contribution in [-0.4, -0.2) is 71.1 Å². The molecule has 0 spiro atoms. The van der Waals surface area contributed by atoms with Crippen LogP contribution in [0.4, 0.5) is 5.82 Å². The number of rotatable bonds is 8. The minimum atomic E-state index is 0.0393. The Bertz CT molecular complexity index is 1170. The van der Waals surface area contributed by atoms with E-state index >= 15 is 0 Å². The van der Waals surface area contributed by atoms with Crippen molar-refractivity contribution in [3.63, 3.8) is 0 Å². The molecule has 7 heteroatoms. The molecule has 1 saturated heterocycles. The highest BCUT2D eigenvalue weighted by Gasteiger charge is 2.29. The Labute approximate surface area is 212 Å². The number of carbonyl (C=O) groups excluding carboxylic acids is 2. The molecule has 36 heavy (non-hydrogen) atoms. The van der Waals surface area contributed by atoms with E-state index in [2.05, 4.69) is 51.5 Å². The van der Waals surface area contributed by atoms with E-state index in [1.165, 1.54) is 24.0 Å². The molecule has 1 saturated carbocycles. The van der Waals surface area contributed by atoms with Crippen LogP contribution in [-0.2, 0) is 9.59 Å². The molecule has 1 aromatic heterocycles. The first-order valence-electron chi connectivity index (χ1n) is 12.9. The maximum atomic E-state index is 12.9. The standard InChI is InChI=1S/C29H33N5O2/c1-2-28(35)34(20-22-8-9-22)21-29(36)33-18-16-32(17-19-33)27-15-14-26(30-31-27)25-12-10-24(11-13-25)23-6-4-3-5-7-23/h3-7,10-15,22H,2,8-9,16-21H2,1H3. The average molecular weight is 484 g/mol. The lowest BCUT2D eigenvalue weighted by molar-refractivity contribution is -0.140. The summed E-state index contributed by atoms with van der Waals surface area (Å²) in [7, 11) is 0. The monoisotopic (exact) mass is 483 g/mol. The molecule has 2 aromatic carbocycles. The lowest BCUT2D eigenvalue weighted by Gasteiger charge is -2.36. The predicted molar refractivity (Wildman–Crippen MR) is 141 cm³/mol. The van der Waals surface area contributed by atoms with Gasteiger partial charge in [0.05, 0.1) is 12.2 Å². The summed E-state index contributed by atoms with van der Waals surface area (Å²) in [6.45, 7) is 5.43. The highest BCUT2D eigenvalue weighted by molar-refractivity contribution is 5.85. The van der Waals surface area contributed by atoms with E-state index in [9.17, 15) is 9.59 Å². The molecule has 0 unspecified atom stereocenters. The first kappa shape index (κ1) is 24.0. The van der Waals surface area contributed by atoms with Gasteiger partial charge in [-0.05, 0) is 42.0 Å². The minimum absolute atomic E-state index is 0.0393. The summed E-state index contributed by atoms with van der Waals surface area (Å²) in [6, 6.07) is 22.7. The highest BCUT2D eigenvalue weighted by Crippen LogP contribution is 2.30. The Morgan fingerprint density at radius 2 is 1.50 bits per heavy atom. The van der Waals surface area contributed by atoms with Gasteiger partial charge in [-0.3, -0.25) is 9.59 Å². The van der Waals surface area contributed by atoms with Gasteiger partial charge >= 0.3 is 0 Å². The normalized spacial score (nSPS) is 15.6. The van der Waals surface area contributed by atoms with Crippen LogP contribution in [0.25, 0.3) is 22.4 Å². The number of benzene rings is 2. The van der Waals surface area contributed by atoms with Crippen molar-refractivity contribution in [2.75, 3.05) is 44.2 Å². The average Bonchev–Trinajstić information content (AvgIpc) is 3.77. The third-order valence-electron chi connectivity index (χ3n) is 7.05. The molecule has 1 aliphatic carbocycles. The number of carbonyl (C=O) groups is 2. The van der Waals surface area contributed by atoms with E-state index in [0.29, 0.717) is 38.5 Å². The zero-order valence-corrected chi connectivity index (χ0v) is 20.8. The Balaban J connectivity index is 1.15. The molecule has 2 heterocycles. The van der Waals surface area contributed by atoms with Crippen LogP contribution < -0.4 is 4.90 Å². The summed E-state index contributed by atoms with van der Waals surface area (Å²) in [4.78, 5) is 30.9. The first-order chi connectivity index (χ1) is 17.6. The Morgan fingerprint density at radius 3 is 2.11 bits per heavy atom. The summed E-state index contributed by atoms with van der Waals surface area (Å²) in [5, 5.41) is 8.94. The van der Waals surface area contributed by atoms with Crippen molar-refractivity contribution < 1.29 is 9.59 Å². The zero-order valence-electron chi connectivity index (χ0n) is 20.8. The fourth-order valence-corrected chi connectivity index (χ4v) is 4.65. The molecule has 2 amide bonds. The van der Waals surface area contributed by atoms with Gasteiger partial charge in [-0.15, -0.1) is 10.2 Å². The molecule has 2 fully saturated rings. The highest BCUT2D eigenvalue weighted by atomic mass is 16.2. The molecule has 1 aliphatic heterocycles. The van der Waals surface area contributed by atoms with Crippen LogP contribution in [0.1, 0.15) is 26.2 Å². The van der Waals surface area contributed by atoms with Crippen molar-refractivity contribution in [2.45, 2.75) is 26.2 Å². The van der Waals surface area contributed by atoms with Crippen LogP contribution in [0.3, 0.4) is 0 Å². The van der Waals surface area contributed by atoms with Crippen LogP contribution in [0.2, 0.25) is 0 Å². The number of nitrogens with zero attached hydrogens (tertiary/aromatic N) is 5. The van der Waals surface area contributed by atoms with Crippen molar-refractivity contribution >= 4 is 17.6 Å². The Hall–Kier alpha value is -3.74. The van der Waals surface area contributed by atoms with Gasteiger partial charge in [0.1, 0.15) is 0 Å². The lowest BCUT2D eigenvalue weighted by atomic mass is 10.0. The van der Waals surface area contributed by atoms with Gasteiger partial charge in [-0.25, -0.2) is 0 Å². The van der Waals surface area contributed by atoms with Crippen molar-refractivity contribution in [1.82, 2.24) is 20.0 Å². The molecule has 0 radical (unpaired) electrons. The quantitative estimate of drug-likeness (QED) is 0.482. The Morgan fingerprint density at radius 1 is 0.833 bits per heavy atom. The molecular weight excluding hydrogens is 450 g/mol. The smallest absolute Gasteiger partial charge is 0.242 e. The molecular formula is C29H33N5O2. The van der Waals surface area contributed by atoms with Gasteiger partial charge in [-0.2, -0.15) is 0 Å². The van der Waals surface area contributed by atoms with Gasteiger partial charge < -0.3 is 14.7 Å². The predicted octanol–water partition coefficient (Wildman–Crippen LogP) is 4.11. The topological polar surface area (TPSA) is 69.6 Å². The third kappa shape index (κ3) is 5.73. The third-order valence-corrected chi connectivity index (χ3v) is 7.05. The molecule has 186 valence electrons. The number of aromatic nitrogens is 2. The second-order valence-electron chi connectivity index (χ2n) is 9.66. The molecule has 7 nitrogen and oxygen atoms in total. The number of hydrogen-bond acceptors (Lipinski definition) is 5. The van der Waals surface area contributed by atoms with Gasteiger partial charge in [0.25, 0.3) is 0 Å². The fourth-order valence-electron chi connectivity index (χ4n) is 4.65. The minimum Gasteiger partial charge on any atom is -0.352 e. The van der Waals surface area contributed by atoms with Crippen LogP contribution in [0.15, 0.2) is 66.7 Å². The number of anilines is 1. The van der Waals surface area contributed by atoms with Crippen molar-refractivity contribution in [3.8, 4) is 22.4 Å². The SMILES string of the molecule is CCC(=O)N(CC(=O)N1CCN(c2ccc(-c3ccc(-c4ccccc4)cc3)nn2)CC1)CC1CC1. The molecule has 0 atom stereocenters. The molecule has 5 rings (SSSR count). The van der Waals surface area contributed by atoms with E-state index in [-0.39, 0.29) is 18.4 Å². The van der Waals surface area contributed by atoms with Gasteiger partial charge in [0.15, 0.2) is 5.82 Å². The summed E-state index contributed by atoms with van der Waals surface area (Å²) in [6.07, 6.45) is 2.78. The fraction of sp³-hybridized carbons (Fsp3) is 0.379. The van der Waals surface area contributed by atoms with Crippen molar-refractivity contribution in [2.24, 2.45) is 5.92 Å². The molecule has 2 aliphatic rings. The van der Waals surface area contributed by atoms with E-state index in [4.69, 9.17) is 0 Å². The molecule has 3 aromatic rings.